The van der Waals surface area contributed by atoms with E-state index in [0.29, 0.717) is 12.8 Å². The molecule has 0 spiro atoms. The first kappa shape index (κ1) is 13.7. The molecule has 0 radical (unpaired) electrons. The predicted octanol–water partition coefficient (Wildman–Crippen LogP) is 1.86. The number of amides is 2. The fourth-order valence-electron chi connectivity index (χ4n) is 3.47. The summed E-state index contributed by atoms with van der Waals surface area (Å²) in [6, 6.07) is 3.18. The van der Waals surface area contributed by atoms with Crippen LogP contribution in [0.3, 0.4) is 0 Å². The van der Waals surface area contributed by atoms with Crippen molar-refractivity contribution in [2.75, 3.05) is 0 Å². The Balaban J connectivity index is 2.03. The van der Waals surface area contributed by atoms with Gasteiger partial charge in [0, 0.05) is 6.20 Å². The average molecular weight is 288 g/mol. The van der Waals surface area contributed by atoms with Crippen molar-refractivity contribution in [3.8, 4) is 0 Å². The van der Waals surface area contributed by atoms with Crippen molar-refractivity contribution in [3.63, 3.8) is 0 Å². The van der Waals surface area contributed by atoms with Crippen LogP contribution in [0.2, 0.25) is 0 Å². The Morgan fingerprint density at radius 1 is 1.24 bits per heavy atom. The van der Waals surface area contributed by atoms with Gasteiger partial charge in [0.15, 0.2) is 0 Å². The minimum Gasteiger partial charge on any atom is -0.481 e. The van der Waals surface area contributed by atoms with Gasteiger partial charge >= 0.3 is 5.97 Å². The zero-order valence-corrected chi connectivity index (χ0v) is 11.5. The number of fused-ring (bicyclic) bond motifs is 1. The summed E-state index contributed by atoms with van der Waals surface area (Å²) in [5.41, 5.74) is -0.491. The smallest absolute Gasteiger partial charge is 0.305 e. The summed E-state index contributed by atoms with van der Waals surface area (Å²) >= 11 is 0. The summed E-state index contributed by atoms with van der Waals surface area (Å²) in [6.07, 6.45) is 5.03. The Bertz CT molecular complexity index is 585. The number of hydrogen-bond acceptors (Lipinski definition) is 4. The van der Waals surface area contributed by atoms with Crippen LogP contribution < -0.4 is 0 Å². The van der Waals surface area contributed by atoms with E-state index >= 15 is 0 Å². The second-order valence-corrected chi connectivity index (χ2v) is 5.70. The number of carbonyl (C=O) groups is 3. The number of hydrogen-bond donors (Lipinski definition) is 1. The number of carboxylic acids is 1. The fraction of sp³-hybridized carbons (Fsp3) is 0.467. The molecule has 6 nitrogen and oxygen atoms in total. The number of imide groups is 1. The zero-order chi connectivity index (χ0) is 15.0. The van der Waals surface area contributed by atoms with E-state index < -0.39 is 23.3 Å². The van der Waals surface area contributed by atoms with Crippen LogP contribution in [0.5, 0.6) is 0 Å². The third kappa shape index (κ3) is 2.11. The second kappa shape index (κ2) is 4.95. The molecule has 1 saturated carbocycles. The molecule has 21 heavy (non-hydrogen) atoms. The number of rotatable bonds is 3. The van der Waals surface area contributed by atoms with Crippen molar-refractivity contribution >= 4 is 17.8 Å². The van der Waals surface area contributed by atoms with Crippen LogP contribution >= 0.6 is 0 Å². The number of nitrogens with zero attached hydrogens (tertiary/aromatic N) is 2. The Morgan fingerprint density at radius 2 is 1.95 bits per heavy atom. The molecule has 0 atom stereocenters. The highest BCUT2D eigenvalue weighted by Crippen LogP contribution is 2.40. The van der Waals surface area contributed by atoms with Gasteiger partial charge in [-0.2, -0.15) is 0 Å². The van der Waals surface area contributed by atoms with Gasteiger partial charge < -0.3 is 5.11 Å². The van der Waals surface area contributed by atoms with E-state index in [0.717, 1.165) is 24.2 Å². The molecule has 1 fully saturated rings. The lowest BCUT2D eigenvalue weighted by atomic mass is 9.78. The Labute approximate surface area is 121 Å². The van der Waals surface area contributed by atoms with Crippen LogP contribution in [-0.2, 0) is 4.79 Å². The Kier molecular flexibility index (Phi) is 3.23. The standard InChI is InChI=1S/C15H16N2O4/c18-11(19)9-15(6-2-1-3-7-15)17-13(20)10-5-4-8-16-12(10)14(17)21/h4-5,8H,1-3,6-7,9H2,(H,18,19). The lowest BCUT2D eigenvalue weighted by Crippen LogP contribution is -2.54. The lowest BCUT2D eigenvalue weighted by molar-refractivity contribution is -0.140. The fourth-order valence-corrected chi connectivity index (χ4v) is 3.47. The molecule has 2 aliphatic rings. The first-order valence-corrected chi connectivity index (χ1v) is 7.11. The highest BCUT2D eigenvalue weighted by Gasteiger charge is 2.50. The Morgan fingerprint density at radius 3 is 2.57 bits per heavy atom. The lowest BCUT2D eigenvalue weighted by Gasteiger charge is -2.42. The summed E-state index contributed by atoms with van der Waals surface area (Å²) in [5, 5.41) is 9.22. The first-order valence-electron chi connectivity index (χ1n) is 7.11. The largest absolute Gasteiger partial charge is 0.481 e. The van der Waals surface area contributed by atoms with E-state index in [2.05, 4.69) is 4.98 Å². The molecule has 2 amide bonds. The van der Waals surface area contributed by atoms with Crippen LogP contribution in [-0.4, -0.2) is 38.3 Å². The van der Waals surface area contributed by atoms with Gasteiger partial charge in [0.1, 0.15) is 5.69 Å². The highest BCUT2D eigenvalue weighted by atomic mass is 16.4. The number of pyridine rings is 1. The molecule has 2 heterocycles. The number of aliphatic carboxylic acids is 1. The quantitative estimate of drug-likeness (QED) is 0.858. The Hall–Kier alpha value is -2.24. The molecule has 3 rings (SSSR count). The maximum absolute atomic E-state index is 12.6. The summed E-state index contributed by atoms with van der Waals surface area (Å²) < 4.78 is 0. The molecule has 6 heteroatoms. The van der Waals surface area contributed by atoms with Gasteiger partial charge in [-0.25, -0.2) is 0 Å². The molecule has 1 aliphatic carbocycles. The monoisotopic (exact) mass is 288 g/mol. The van der Waals surface area contributed by atoms with Gasteiger partial charge in [-0.1, -0.05) is 19.3 Å². The van der Waals surface area contributed by atoms with E-state index in [1.165, 1.54) is 6.20 Å². The molecule has 0 unspecified atom stereocenters. The van der Waals surface area contributed by atoms with E-state index in [-0.39, 0.29) is 17.7 Å². The topological polar surface area (TPSA) is 87.6 Å². The van der Waals surface area contributed by atoms with Crippen molar-refractivity contribution in [1.82, 2.24) is 9.88 Å². The maximum atomic E-state index is 12.6. The van der Waals surface area contributed by atoms with Crippen LogP contribution in [0.4, 0.5) is 0 Å². The summed E-state index contributed by atoms with van der Waals surface area (Å²) in [6.45, 7) is 0. The minimum absolute atomic E-state index is 0.137. The van der Waals surface area contributed by atoms with Gasteiger partial charge in [0.2, 0.25) is 0 Å². The predicted molar refractivity (Wildman–Crippen MR) is 72.8 cm³/mol. The maximum Gasteiger partial charge on any atom is 0.305 e. The summed E-state index contributed by atoms with van der Waals surface area (Å²) in [7, 11) is 0. The molecular formula is C15H16N2O4. The number of carboxylic acid groups (broad SMARTS) is 1. The van der Waals surface area contributed by atoms with Crippen LogP contribution in [0, 0.1) is 0 Å². The van der Waals surface area contributed by atoms with Crippen LogP contribution in [0.25, 0.3) is 0 Å². The van der Waals surface area contributed by atoms with Crippen molar-refractivity contribution < 1.29 is 19.5 Å². The van der Waals surface area contributed by atoms with E-state index in [4.69, 9.17) is 0 Å². The number of carbonyl (C=O) groups excluding carboxylic acids is 2. The normalized spacial score (nSPS) is 20.5. The molecule has 0 bridgehead atoms. The SMILES string of the molecule is O=C(O)CC1(N2C(=O)c3cccnc3C2=O)CCCCC1. The van der Waals surface area contributed by atoms with E-state index in [1.807, 2.05) is 0 Å². The van der Waals surface area contributed by atoms with Crippen molar-refractivity contribution in [2.45, 2.75) is 44.1 Å². The first-order chi connectivity index (χ1) is 10.1. The van der Waals surface area contributed by atoms with Crippen molar-refractivity contribution in [1.29, 1.82) is 0 Å². The average Bonchev–Trinajstić information content (AvgIpc) is 2.72. The number of aromatic nitrogens is 1. The molecule has 1 aromatic heterocycles. The molecule has 0 aromatic carbocycles. The highest BCUT2D eigenvalue weighted by molar-refractivity contribution is 6.21. The summed E-state index contributed by atoms with van der Waals surface area (Å²) in [4.78, 5) is 41.5. The summed E-state index contributed by atoms with van der Waals surface area (Å²) in [5.74, 6) is -1.86. The van der Waals surface area contributed by atoms with E-state index in [1.54, 1.807) is 12.1 Å². The zero-order valence-electron chi connectivity index (χ0n) is 11.5. The molecule has 1 aromatic rings. The van der Waals surface area contributed by atoms with Crippen molar-refractivity contribution in [2.24, 2.45) is 0 Å². The molecule has 110 valence electrons. The van der Waals surface area contributed by atoms with Gasteiger partial charge in [-0.15, -0.1) is 0 Å². The third-order valence-corrected chi connectivity index (χ3v) is 4.39. The van der Waals surface area contributed by atoms with Gasteiger partial charge in [-0.05, 0) is 25.0 Å². The van der Waals surface area contributed by atoms with Gasteiger partial charge in [0.25, 0.3) is 11.8 Å². The minimum atomic E-state index is -0.985. The molecular weight excluding hydrogens is 272 g/mol. The van der Waals surface area contributed by atoms with Crippen LogP contribution in [0.15, 0.2) is 18.3 Å². The van der Waals surface area contributed by atoms with Crippen LogP contribution in [0.1, 0.15) is 59.4 Å². The molecule has 0 saturated heterocycles. The van der Waals surface area contributed by atoms with E-state index in [9.17, 15) is 19.5 Å². The third-order valence-electron chi connectivity index (χ3n) is 4.39. The van der Waals surface area contributed by atoms with Gasteiger partial charge in [0.05, 0.1) is 17.5 Å². The second-order valence-electron chi connectivity index (χ2n) is 5.70. The molecule has 1 N–H and O–H groups in total. The van der Waals surface area contributed by atoms with Crippen molar-refractivity contribution in [3.05, 3.63) is 29.6 Å². The van der Waals surface area contributed by atoms with Gasteiger partial charge in [-0.3, -0.25) is 24.3 Å². The molecule has 1 aliphatic heterocycles.